The largest absolute Gasteiger partial charge is 0.485 e. The van der Waals surface area contributed by atoms with Crippen molar-refractivity contribution < 1.29 is 9.47 Å². The summed E-state index contributed by atoms with van der Waals surface area (Å²) < 4.78 is 12.3. The number of fused-ring (bicyclic) bond motifs is 1. The van der Waals surface area contributed by atoms with Gasteiger partial charge in [0.05, 0.1) is 5.69 Å². The zero-order chi connectivity index (χ0) is 23.0. The highest BCUT2D eigenvalue weighted by Crippen LogP contribution is 2.30. The van der Waals surface area contributed by atoms with Crippen LogP contribution in [0.5, 0.6) is 11.5 Å². The van der Waals surface area contributed by atoms with E-state index in [1.807, 2.05) is 116 Å². The summed E-state index contributed by atoms with van der Waals surface area (Å²) >= 11 is 0. The maximum Gasteiger partial charge on any atom is 0.162 e. The smallest absolute Gasteiger partial charge is 0.162 e. The molecule has 0 spiro atoms. The summed E-state index contributed by atoms with van der Waals surface area (Å²) in [6, 6.07) is 34.1. The third kappa shape index (κ3) is 5.30. The molecule has 1 heterocycles. The molecule has 0 fully saturated rings. The number of aliphatic imine (C=N–C) groups is 1. The molecule has 0 unspecified atom stereocenters. The monoisotopic (exact) mass is 444 g/mol. The fraction of sp³-hybridized carbons (Fsp3) is 0.0667. The first-order chi connectivity index (χ1) is 16.8. The van der Waals surface area contributed by atoms with E-state index in [1.54, 1.807) is 6.20 Å². The molecule has 34 heavy (non-hydrogen) atoms. The van der Waals surface area contributed by atoms with E-state index >= 15 is 0 Å². The van der Waals surface area contributed by atoms with Crippen molar-refractivity contribution in [3.63, 3.8) is 0 Å². The maximum absolute atomic E-state index is 6.18. The van der Waals surface area contributed by atoms with Crippen molar-refractivity contribution in [1.29, 1.82) is 0 Å². The lowest BCUT2D eigenvalue weighted by Crippen LogP contribution is -2.01. The molecule has 0 saturated heterocycles. The molecule has 4 heteroatoms. The van der Waals surface area contributed by atoms with Crippen LogP contribution in [-0.2, 0) is 13.2 Å². The van der Waals surface area contributed by atoms with Crippen LogP contribution < -0.4 is 9.47 Å². The average molecular weight is 445 g/mol. The summed E-state index contributed by atoms with van der Waals surface area (Å²) in [7, 11) is 0. The Morgan fingerprint density at radius 1 is 0.676 bits per heavy atom. The van der Waals surface area contributed by atoms with Crippen LogP contribution >= 0.6 is 0 Å². The minimum absolute atomic E-state index is 0.458. The van der Waals surface area contributed by atoms with Gasteiger partial charge in [-0.25, -0.2) is 0 Å². The zero-order valence-corrected chi connectivity index (χ0v) is 18.7. The Morgan fingerprint density at radius 2 is 1.38 bits per heavy atom. The Kier molecular flexibility index (Phi) is 6.58. The minimum Gasteiger partial charge on any atom is -0.485 e. The molecule has 0 amide bonds. The van der Waals surface area contributed by atoms with E-state index in [9.17, 15) is 0 Å². The Labute approximate surface area is 199 Å². The summed E-state index contributed by atoms with van der Waals surface area (Å²) in [6.45, 7) is 0.930. The van der Waals surface area contributed by atoms with Crippen molar-refractivity contribution in [3.8, 4) is 11.5 Å². The van der Waals surface area contributed by atoms with Crippen LogP contribution in [0.4, 0.5) is 5.69 Å². The predicted molar refractivity (Wildman–Crippen MR) is 137 cm³/mol. The van der Waals surface area contributed by atoms with Crippen LogP contribution in [0.25, 0.3) is 10.8 Å². The summed E-state index contributed by atoms with van der Waals surface area (Å²) in [5, 5.41) is 2.13. The van der Waals surface area contributed by atoms with Gasteiger partial charge in [0.25, 0.3) is 0 Å². The Hall–Kier alpha value is -4.44. The van der Waals surface area contributed by atoms with E-state index in [1.165, 1.54) is 0 Å². The van der Waals surface area contributed by atoms with Gasteiger partial charge in [-0.05, 0) is 47.0 Å². The van der Waals surface area contributed by atoms with E-state index < -0.39 is 0 Å². The van der Waals surface area contributed by atoms with Crippen molar-refractivity contribution in [2.75, 3.05) is 0 Å². The third-order valence-electron chi connectivity index (χ3n) is 5.45. The van der Waals surface area contributed by atoms with Crippen molar-refractivity contribution in [2.24, 2.45) is 4.99 Å². The molecule has 0 aliphatic heterocycles. The molecule has 0 aliphatic carbocycles. The van der Waals surface area contributed by atoms with Crippen molar-refractivity contribution in [2.45, 2.75) is 13.2 Å². The highest BCUT2D eigenvalue weighted by atomic mass is 16.5. The second-order valence-corrected chi connectivity index (χ2v) is 7.89. The number of hydrogen-bond donors (Lipinski definition) is 0. The van der Waals surface area contributed by atoms with Crippen LogP contribution in [0.15, 0.2) is 121 Å². The summed E-state index contributed by atoms with van der Waals surface area (Å²) in [5.74, 6) is 1.39. The Morgan fingerprint density at radius 3 is 2.12 bits per heavy atom. The second kappa shape index (κ2) is 10.5. The first-order valence-corrected chi connectivity index (χ1v) is 11.2. The van der Waals surface area contributed by atoms with Crippen molar-refractivity contribution >= 4 is 22.7 Å². The van der Waals surface area contributed by atoms with Gasteiger partial charge in [-0.3, -0.25) is 9.98 Å². The number of benzene rings is 4. The van der Waals surface area contributed by atoms with Gasteiger partial charge in [-0.15, -0.1) is 0 Å². The van der Waals surface area contributed by atoms with Gasteiger partial charge < -0.3 is 9.47 Å². The van der Waals surface area contributed by atoms with E-state index in [-0.39, 0.29) is 0 Å². The van der Waals surface area contributed by atoms with Crippen LogP contribution in [-0.4, -0.2) is 11.2 Å². The SMILES string of the molecule is C(=Nc1cccc2cnccc12)c1ccc(OCc2ccccc2)c(OCc2ccccc2)c1. The molecule has 0 bridgehead atoms. The van der Waals surface area contributed by atoms with Crippen LogP contribution in [0, 0.1) is 0 Å². The Balaban J connectivity index is 1.40. The molecule has 0 atom stereocenters. The molecule has 1 aromatic heterocycles. The quantitative estimate of drug-likeness (QED) is 0.239. The number of ether oxygens (including phenoxy) is 2. The topological polar surface area (TPSA) is 43.7 Å². The van der Waals surface area contributed by atoms with Crippen LogP contribution in [0.3, 0.4) is 0 Å². The van der Waals surface area contributed by atoms with E-state index in [2.05, 4.69) is 4.98 Å². The molecular formula is C30H24N2O2. The standard InChI is InChI=1S/C30H24N2O2/c1-3-8-23(9-4-1)21-33-29-15-14-25(18-30(29)34-22-24-10-5-2-6-11-24)19-32-28-13-7-12-26-20-31-17-16-27(26)28/h1-20H,21-22H2. The molecular weight excluding hydrogens is 420 g/mol. The second-order valence-electron chi connectivity index (χ2n) is 7.89. The van der Waals surface area contributed by atoms with Crippen molar-refractivity contribution in [1.82, 2.24) is 4.98 Å². The van der Waals surface area contributed by atoms with Gasteiger partial charge in [-0.2, -0.15) is 0 Å². The first-order valence-electron chi connectivity index (χ1n) is 11.2. The number of nitrogens with zero attached hydrogens (tertiary/aromatic N) is 2. The van der Waals surface area contributed by atoms with E-state index in [4.69, 9.17) is 14.5 Å². The van der Waals surface area contributed by atoms with Gasteiger partial charge in [0.1, 0.15) is 13.2 Å². The summed E-state index contributed by atoms with van der Waals surface area (Å²) in [6.07, 6.45) is 5.49. The van der Waals surface area contributed by atoms with Crippen LogP contribution in [0.2, 0.25) is 0 Å². The molecule has 4 aromatic carbocycles. The minimum atomic E-state index is 0.458. The number of pyridine rings is 1. The van der Waals surface area contributed by atoms with Gasteiger partial charge in [0.2, 0.25) is 0 Å². The van der Waals surface area contributed by atoms with E-state index in [0.29, 0.717) is 24.7 Å². The summed E-state index contributed by atoms with van der Waals surface area (Å²) in [4.78, 5) is 8.93. The molecule has 0 saturated carbocycles. The third-order valence-corrected chi connectivity index (χ3v) is 5.45. The first kappa shape index (κ1) is 21.4. The van der Waals surface area contributed by atoms with Crippen molar-refractivity contribution in [3.05, 3.63) is 132 Å². The highest BCUT2D eigenvalue weighted by molar-refractivity contribution is 5.94. The highest BCUT2D eigenvalue weighted by Gasteiger charge is 2.08. The van der Waals surface area contributed by atoms with Gasteiger partial charge in [0.15, 0.2) is 11.5 Å². The molecule has 0 N–H and O–H groups in total. The molecule has 5 rings (SSSR count). The fourth-order valence-electron chi connectivity index (χ4n) is 3.67. The Bertz CT molecular complexity index is 1390. The zero-order valence-electron chi connectivity index (χ0n) is 18.7. The van der Waals surface area contributed by atoms with Crippen LogP contribution in [0.1, 0.15) is 16.7 Å². The lowest BCUT2D eigenvalue weighted by atomic mass is 10.1. The number of rotatable bonds is 8. The number of hydrogen-bond acceptors (Lipinski definition) is 4. The van der Waals surface area contributed by atoms with E-state index in [0.717, 1.165) is 33.2 Å². The molecule has 5 aromatic rings. The summed E-state index contributed by atoms with van der Waals surface area (Å²) in [5.41, 5.74) is 4.03. The number of aromatic nitrogens is 1. The van der Waals surface area contributed by atoms with Gasteiger partial charge in [-0.1, -0.05) is 72.8 Å². The molecule has 4 nitrogen and oxygen atoms in total. The maximum atomic E-state index is 6.18. The average Bonchev–Trinajstić information content (AvgIpc) is 2.91. The normalized spacial score (nSPS) is 11.1. The predicted octanol–water partition coefficient (Wildman–Crippen LogP) is 7.14. The van der Waals surface area contributed by atoms with Gasteiger partial charge in [0, 0.05) is 29.4 Å². The van der Waals surface area contributed by atoms with Gasteiger partial charge >= 0.3 is 0 Å². The lowest BCUT2D eigenvalue weighted by molar-refractivity contribution is 0.256. The lowest BCUT2D eigenvalue weighted by Gasteiger charge is -2.14. The molecule has 166 valence electrons. The molecule has 0 aliphatic rings. The fourth-order valence-corrected chi connectivity index (χ4v) is 3.67. The molecule has 0 radical (unpaired) electrons.